The Morgan fingerprint density at radius 1 is 1.17 bits per heavy atom. The Hall–Kier alpha value is -2.94. The van der Waals surface area contributed by atoms with Gasteiger partial charge in [-0.25, -0.2) is 9.78 Å². The molecule has 1 aliphatic rings. The molecule has 0 saturated carbocycles. The molecule has 1 saturated heterocycles. The maximum atomic E-state index is 11.0. The number of aromatic nitrogens is 2. The second-order valence-electron chi connectivity index (χ2n) is 7.14. The number of morpholine rings is 1. The molecule has 0 radical (unpaired) electrons. The van der Waals surface area contributed by atoms with Gasteiger partial charge in [0.1, 0.15) is 0 Å². The van der Waals surface area contributed by atoms with Crippen molar-refractivity contribution in [3.05, 3.63) is 54.2 Å². The number of fused-ring (bicyclic) bond motifs is 3. The lowest BCUT2D eigenvalue weighted by atomic mass is 10.1. The van der Waals surface area contributed by atoms with Gasteiger partial charge >= 0.3 is 6.03 Å². The number of urea groups is 1. The first-order chi connectivity index (χ1) is 14.2. The van der Waals surface area contributed by atoms with Crippen LogP contribution in [0.4, 0.5) is 10.5 Å². The monoisotopic (exact) mass is 407 g/mol. The molecule has 148 valence electrons. The maximum Gasteiger partial charge on any atom is 0.316 e. The molecule has 8 heteroatoms. The number of nitrogens with one attached hydrogen (secondary N) is 1. The van der Waals surface area contributed by atoms with E-state index in [1.54, 1.807) is 11.3 Å². The highest BCUT2D eigenvalue weighted by Gasteiger charge is 2.14. The van der Waals surface area contributed by atoms with E-state index >= 15 is 0 Å². The summed E-state index contributed by atoms with van der Waals surface area (Å²) in [4.78, 5) is 19.2. The van der Waals surface area contributed by atoms with Gasteiger partial charge in [0.2, 0.25) is 0 Å². The second kappa shape index (κ2) is 7.47. The average molecular weight is 407 g/mol. The lowest BCUT2D eigenvalue weighted by molar-refractivity contribution is 0.0342. The standard InChI is InChI=1S/C21H21N5O2S/c22-20(27)23-16-4-2-15(3-5-16)17-13-26-18-6-1-14(11-19(18)29-21(26)24-17)12-25-7-9-28-10-8-25/h1-6,11,13H,7-10,12H2,(H3,22,23,27). The van der Waals surface area contributed by atoms with Crippen molar-refractivity contribution < 1.29 is 9.53 Å². The van der Waals surface area contributed by atoms with Gasteiger partial charge in [0.15, 0.2) is 4.96 Å². The van der Waals surface area contributed by atoms with E-state index in [9.17, 15) is 4.79 Å². The summed E-state index contributed by atoms with van der Waals surface area (Å²) >= 11 is 1.70. The maximum absolute atomic E-state index is 11.0. The van der Waals surface area contributed by atoms with Crippen LogP contribution in [0.25, 0.3) is 26.4 Å². The number of hydrogen-bond donors (Lipinski definition) is 2. The first-order valence-corrected chi connectivity index (χ1v) is 10.3. The lowest BCUT2D eigenvalue weighted by Crippen LogP contribution is -2.35. The van der Waals surface area contributed by atoms with Gasteiger partial charge in [-0.1, -0.05) is 29.5 Å². The van der Waals surface area contributed by atoms with Crippen molar-refractivity contribution in [2.45, 2.75) is 6.54 Å². The number of nitrogens with two attached hydrogens (primary N) is 1. The van der Waals surface area contributed by atoms with Crippen molar-refractivity contribution in [2.24, 2.45) is 5.73 Å². The molecule has 0 atom stereocenters. The van der Waals surface area contributed by atoms with Crippen molar-refractivity contribution in [2.75, 3.05) is 31.6 Å². The minimum absolute atomic E-state index is 0.570. The molecule has 1 fully saturated rings. The summed E-state index contributed by atoms with van der Waals surface area (Å²) < 4.78 is 8.82. The third kappa shape index (κ3) is 3.69. The van der Waals surface area contributed by atoms with Gasteiger partial charge in [0.25, 0.3) is 0 Å². The van der Waals surface area contributed by atoms with Gasteiger partial charge in [0, 0.05) is 37.1 Å². The summed E-state index contributed by atoms with van der Waals surface area (Å²) in [5.41, 5.74) is 10.2. The largest absolute Gasteiger partial charge is 0.379 e. The summed E-state index contributed by atoms with van der Waals surface area (Å²) in [6.07, 6.45) is 2.06. The average Bonchev–Trinajstić information content (AvgIpc) is 3.26. The van der Waals surface area contributed by atoms with Crippen LogP contribution in [-0.2, 0) is 11.3 Å². The van der Waals surface area contributed by atoms with Gasteiger partial charge in [-0.15, -0.1) is 0 Å². The molecule has 7 nitrogen and oxygen atoms in total. The Balaban J connectivity index is 1.41. The summed E-state index contributed by atoms with van der Waals surface area (Å²) in [5.74, 6) is 0. The highest BCUT2D eigenvalue weighted by molar-refractivity contribution is 7.23. The quantitative estimate of drug-likeness (QED) is 0.542. The van der Waals surface area contributed by atoms with E-state index in [2.05, 4.69) is 39.0 Å². The molecule has 3 heterocycles. The van der Waals surface area contributed by atoms with E-state index in [1.165, 1.54) is 15.8 Å². The topological polar surface area (TPSA) is 84.9 Å². The van der Waals surface area contributed by atoms with Crippen LogP contribution >= 0.6 is 11.3 Å². The molecule has 0 bridgehead atoms. The fraction of sp³-hybridized carbons (Fsp3) is 0.238. The zero-order chi connectivity index (χ0) is 19.8. The van der Waals surface area contributed by atoms with Crippen LogP contribution in [0.2, 0.25) is 0 Å². The Labute approximate surface area is 171 Å². The van der Waals surface area contributed by atoms with Crippen molar-refractivity contribution in [1.82, 2.24) is 14.3 Å². The fourth-order valence-electron chi connectivity index (χ4n) is 3.67. The molecule has 1 aliphatic heterocycles. The molecular formula is C21H21N5O2S. The zero-order valence-corrected chi connectivity index (χ0v) is 16.6. The molecule has 2 amide bonds. The smallest absolute Gasteiger partial charge is 0.316 e. The Morgan fingerprint density at radius 3 is 2.72 bits per heavy atom. The van der Waals surface area contributed by atoms with Gasteiger partial charge in [0.05, 0.1) is 29.1 Å². The fourth-order valence-corrected chi connectivity index (χ4v) is 4.74. The minimum Gasteiger partial charge on any atom is -0.379 e. The summed E-state index contributed by atoms with van der Waals surface area (Å²) in [5, 5.41) is 2.57. The first kappa shape index (κ1) is 18.1. The molecule has 0 unspecified atom stereocenters. The van der Waals surface area contributed by atoms with Crippen LogP contribution in [0.3, 0.4) is 0 Å². The van der Waals surface area contributed by atoms with E-state index in [4.69, 9.17) is 15.5 Å². The number of carbonyl (C=O) groups is 1. The third-order valence-corrected chi connectivity index (χ3v) is 6.13. The van der Waals surface area contributed by atoms with Crippen LogP contribution in [0.5, 0.6) is 0 Å². The predicted molar refractivity (Wildman–Crippen MR) is 115 cm³/mol. The molecule has 0 aliphatic carbocycles. The number of carbonyl (C=O) groups excluding carboxylic acids is 1. The molecule has 5 rings (SSSR count). The molecule has 2 aromatic carbocycles. The number of primary amides is 1. The predicted octanol–water partition coefficient (Wildman–Crippen LogP) is 3.54. The van der Waals surface area contributed by atoms with E-state index in [-0.39, 0.29) is 0 Å². The Morgan fingerprint density at radius 2 is 1.97 bits per heavy atom. The SMILES string of the molecule is NC(=O)Nc1ccc(-c2cn3c(n2)sc2cc(CN4CCOCC4)ccc23)cc1. The highest BCUT2D eigenvalue weighted by atomic mass is 32.1. The van der Waals surface area contributed by atoms with E-state index in [0.717, 1.165) is 49.1 Å². The number of hydrogen-bond acceptors (Lipinski definition) is 5. The molecular weight excluding hydrogens is 386 g/mol. The van der Waals surface area contributed by atoms with Crippen LogP contribution in [0.15, 0.2) is 48.7 Å². The number of benzene rings is 2. The molecule has 3 N–H and O–H groups in total. The normalized spacial score (nSPS) is 15.2. The van der Waals surface area contributed by atoms with Crippen LogP contribution < -0.4 is 11.1 Å². The number of rotatable bonds is 4. The first-order valence-electron chi connectivity index (χ1n) is 9.53. The number of amides is 2. The van der Waals surface area contributed by atoms with Crippen molar-refractivity contribution in [1.29, 1.82) is 0 Å². The van der Waals surface area contributed by atoms with Gasteiger partial charge in [-0.05, 0) is 29.8 Å². The number of imidazole rings is 1. The Kier molecular flexibility index (Phi) is 4.67. The summed E-state index contributed by atoms with van der Waals surface area (Å²) in [7, 11) is 0. The number of thiazole rings is 1. The van der Waals surface area contributed by atoms with Gasteiger partial charge in [-0.3, -0.25) is 9.30 Å². The molecule has 2 aromatic heterocycles. The summed E-state index contributed by atoms with van der Waals surface area (Å²) in [6.45, 7) is 4.57. The highest BCUT2D eigenvalue weighted by Crippen LogP contribution is 2.30. The van der Waals surface area contributed by atoms with Gasteiger partial charge < -0.3 is 15.8 Å². The van der Waals surface area contributed by atoms with E-state index in [1.807, 2.05) is 24.3 Å². The summed E-state index contributed by atoms with van der Waals surface area (Å²) in [6, 6.07) is 13.6. The number of anilines is 1. The van der Waals surface area contributed by atoms with Crippen LogP contribution in [0, 0.1) is 0 Å². The lowest BCUT2D eigenvalue weighted by Gasteiger charge is -2.26. The Bertz CT molecular complexity index is 1180. The van der Waals surface area contributed by atoms with E-state index < -0.39 is 6.03 Å². The third-order valence-electron chi connectivity index (χ3n) is 5.12. The van der Waals surface area contributed by atoms with Crippen LogP contribution in [0.1, 0.15) is 5.56 Å². The van der Waals surface area contributed by atoms with Crippen LogP contribution in [-0.4, -0.2) is 46.6 Å². The number of ether oxygens (including phenoxy) is 1. The zero-order valence-electron chi connectivity index (χ0n) is 15.8. The molecule has 4 aromatic rings. The molecule has 29 heavy (non-hydrogen) atoms. The van der Waals surface area contributed by atoms with Crippen molar-refractivity contribution in [3.8, 4) is 11.3 Å². The molecule has 0 spiro atoms. The number of nitrogens with zero attached hydrogens (tertiary/aromatic N) is 3. The second-order valence-corrected chi connectivity index (χ2v) is 8.15. The van der Waals surface area contributed by atoms with E-state index in [0.29, 0.717) is 5.69 Å². The van der Waals surface area contributed by atoms with Crippen molar-refractivity contribution >= 4 is 38.2 Å². The minimum atomic E-state index is -0.570. The van der Waals surface area contributed by atoms with Crippen molar-refractivity contribution in [3.63, 3.8) is 0 Å². The van der Waals surface area contributed by atoms with Gasteiger partial charge in [-0.2, -0.15) is 0 Å².